The van der Waals surface area contributed by atoms with Crippen molar-refractivity contribution in [2.75, 3.05) is 26.2 Å². The number of carbonyl (C=O) groups is 2. The molecule has 0 aromatic heterocycles. The largest absolute Gasteiger partial charge is 0.416 e. The number of hydrogen-bond acceptors (Lipinski definition) is 2. The van der Waals surface area contributed by atoms with Crippen molar-refractivity contribution in [1.29, 1.82) is 0 Å². The predicted octanol–water partition coefficient (Wildman–Crippen LogP) is 4.08. The Morgan fingerprint density at radius 1 is 1.11 bits per heavy atom. The highest BCUT2D eigenvalue weighted by atomic mass is 35.5. The Kier molecular flexibility index (Phi) is 5.18. The molecule has 1 atom stereocenters. The van der Waals surface area contributed by atoms with Crippen molar-refractivity contribution >= 4 is 23.4 Å². The van der Waals surface area contributed by atoms with Crippen LogP contribution in [0.1, 0.15) is 42.6 Å². The Morgan fingerprint density at radius 3 is 2.30 bits per heavy atom. The van der Waals surface area contributed by atoms with Crippen LogP contribution in [0.5, 0.6) is 0 Å². The monoisotopic (exact) mass is 402 g/mol. The maximum atomic E-state index is 12.9. The molecule has 2 aliphatic rings. The van der Waals surface area contributed by atoms with Gasteiger partial charge in [0.15, 0.2) is 0 Å². The zero-order valence-electron chi connectivity index (χ0n) is 15.3. The van der Waals surface area contributed by atoms with Gasteiger partial charge in [-0.1, -0.05) is 25.4 Å². The molecular weight excluding hydrogens is 381 g/mol. The van der Waals surface area contributed by atoms with E-state index in [2.05, 4.69) is 13.8 Å². The van der Waals surface area contributed by atoms with E-state index in [-0.39, 0.29) is 34.4 Å². The number of rotatable bonds is 2. The zero-order valence-corrected chi connectivity index (χ0v) is 16.0. The van der Waals surface area contributed by atoms with E-state index in [1.54, 1.807) is 4.90 Å². The van der Waals surface area contributed by atoms with Gasteiger partial charge in [0.2, 0.25) is 5.91 Å². The van der Waals surface area contributed by atoms with Crippen molar-refractivity contribution in [3.8, 4) is 0 Å². The molecular formula is C19H22ClF3N2O2. The minimum atomic E-state index is -4.54. The van der Waals surface area contributed by atoms with Crippen molar-refractivity contribution in [3.05, 3.63) is 34.3 Å². The second-order valence-electron chi connectivity index (χ2n) is 7.91. The number of alkyl halides is 3. The highest BCUT2D eigenvalue weighted by Crippen LogP contribution is 2.52. The molecule has 0 spiro atoms. The van der Waals surface area contributed by atoms with E-state index in [9.17, 15) is 22.8 Å². The molecule has 2 fully saturated rings. The van der Waals surface area contributed by atoms with Crippen molar-refractivity contribution in [3.63, 3.8) is 0 Å². The van der Waals surface area contributed by atoms with Crippen molar-refractivity contribution < 1.29 is 22.8 Å². The van der Waals surface area contributed by atoms with E-state index in [0.717, 1.165) is 24.6 Å². The van der Waals surface area contributed by atoms with Gasteiger partial charge in [-0.3, -0.25) is 9.59 Å². The van der Waals surface area contributed by atoms with E-state index >= 15 is 0 Å². The Morgan fingerprint density at radius 2 is 1.70 bits per heavy atom. The first-order valence-corrected chi connectivity index (χ1v) is 9.33. The average molecular weight is 403 g/mol. The summed E-state index contributed by atoms with van der Waals surface area (Å²) in [5.41, 5.74) is -1.03. The Hall–Kier alpha value is -1.76. The van der Waals surface area contributed by atoms with Crippen molar-refractivity contribution in [1.82, 2.24) is 9.80 Å². The quantitative estimate of drug-likeness (QED) is 0.748. The maximum Gasteiger partial charge on any atom is 0.416 e. The van der Waals surface area contributed by atoms with Gasteiger partial charge < -0.3 is 9.80 Å². The molecule has 8 heteroatoms. The smallest absolute Gasteiger partial charge is 0.341 e. The fourth-order valence-corrected chi connectivity index (χ4v) is 3.68. The lowest BCUT2D eigenvalue weighted by atomic mass is 10.1. The van der Waals surface area contributed by atoms with Gasteiger partial charge in [0.1, 0.15) is 0 Å². The first kappa shape index (κ1) is 20.0. The van der Waals surface area contributed by atoms with Gasteiger partial charge in [-0.05, 0) is 36.5 Å². The molecule has 2 amide bonds. The highest BCUT2D eigenvalue weighted by Gasteiger charge is 2.52. The van der Waals surface area contributed by atoms with Crippen LogP contribution in [-0.2, 0) is 11.0 Å². The molecule has 0 N–H and O–H groups in total. The van der Waals surface area contributed by atoms with E-state index in [1.807, 2.05) is 0 Å². The van der Waals surface area contributed by atoms with Gasteiger partial charge in [-0.25, -0.2) is 0 Å². The summed E-state index contributed by atoms with van der Waals surface area (Å²) in [6.07, 6.45) is -3.09. The van der Waals surface area contributed by atoms with Crippen molar-refractivity contribution in [2.45, 2.75) is 32.9 Å². The van der Waals surface area contributed by atoms with Crippen LogP contribution in [0.25, 0.3) is 0 Å². The summed E-state index contributed by atoms with van der Waals surface area (Å²) in [7, 11) is 0. The molecule has 1 heterocycles. The summed E-state index contributed by atoms with van der Waals surface area (Å²) >= 11 is 5.98. The number of benzene rings is 1. The molecule has 1 aliphatic heterocycles. The minimum absolute atomic E-state index is 0.00934. The second-order valence-corrected chi connectivity index (χ2v) is 8.32. The predicted molar refractivity (Wildman–Crippen MR) is 95.4 cm³/mol. The zero-order chi connectivity index (χ0) is 20.0. The SMILES string of the molecule is CC1(C)CC1C(=O)N1CCCN(C(=O)c2cc(C(F)(F)F)ccc2Cl)CC1. The third kappa shape index (κ3) is 4.23. The fraction of sp³-hybridized carbons (Fsp3) is 0.579. The number of nitrogens with zero attached hydrogens (tertiary/aromatic N) is 2. The van der Waals surface area contributed by atoms with E-state index in [4.69, 9.17) is 11.6 Å². The molecule has 0 radical (unpaired) electrons. The van der Waals surface area contributed by atoms with Crippen LogP contribution in [0.3, 0.4) is 0 Å². The van der Waals surface area contributed by atoms with Crippen LogP contribution in [0, 0.1) is 11.3 Å². The Bertz CT molecular complexity index is 764. The molecule has 1 aliphatic carbocycles. The summed E-state index contributed by atoms with van der Waals surface area (Å²) in [5.74, 6) is -0.406. The van der Waals surface area contributed by atoms with Gasteiger partial charge >= 0.3 is 6.18 Å². The van der Waals surface area contributed by atoms with Gasteiger partial charge in [0.05, 0.1) is 16.1 Å². The fourth-order valence-electron chi connectivity index (χ4n) is 3.49. The molecule has 0 bridgehead atoms. The summed E-state index contributed by atoms with van der Waals surface area (Å²) in [4.78, 5) is 28.6. The van der Waals surface area contributed by atoms with Crippen molar-refractivity contribution in [2.24, 2.45) is 11.3 Å². The van der Waals surface area contributed by atoms with E-state index in [0.29, 0.717) is 26.1 Å². The third-order valence-corrected chi connectivity index (χ3v) is 5.76. The molecule has 1 aromatic carbocycles. The third-order valence-electron chi connectivity index (χ3n) is 5.43. The molecule has 27 heavy (non-hydrogen) atoms. The van der Waals surface area contributed by atoms with Crippen LogP contribution < -0.4 is 0 Å². The van der Waals surface area contributed by atoms with Crippen LogP contribution in [0.4, 0.5) is 13.2 Å². The Labute approximate surface area is 161 Å². The van der Waals surface area contributed by atoms with Crippen LogP contribution >= 0.6 is 11.6 Å². The normalized spacial score (nSPS) is 22.4. The summed E-state index contributed by atoms with van der Waals surface area (Å²) < 4.78 is 38.8. The lowest BCUT2D eigenvalue weighted by molar-refractivity contribution is -0.137. The van der Waals surface area contributed by atoms with Gasteiger partial charge in [-0.2, -0.15) is 13.2 Å². The van der Waals surface area contributed by atoms with E-state index in [1.165, 1.54) is 4.90 Å². The topological polar surface area (TPSA) is 40.6 Å². The lowest BCUT2D eigenvalue weighted by Crippen LogP contribution is -2.38. The molecule has 148 valence electrons. The molecule has 3 rings (SSSR count). The molecule has 1 unspecified atom stereocenters. The van der Waals surface area contributed by atoms with Gasteiger partial charge in [0.25, 0.3) is 5.91 Å². The standard InChI is InChI=1S/C19H22ClF3N2O2/c1-18(2)11-14(18)17(27)25-7-3-6-24(8-9-25)16(26)13-10-12(19(21,22)23)4-5-15(13)20/h4-5,10,14H,3,6-9,11H2,1-2H3. The molecule has 1 saturated heterocycles. The number of hydrogen-bond donors (Lipinski definition) is 0. The van der Waals surface area contributed by atoms with Crippen LogP contribution in [0.2, 0.25) is 5.02 Å². The first-order valence-electron chi connectivity index (χ1n) is 8.95. The average Bonchev–Trinajstić information content (AvgIpc) is 3.28. The number of amides is 2. The first-order chi connectivity index (χ1) is 12.5. The second kappa shape index (κ2) is 7.00. The lowest BCUT2D eigenvalue weighted by Gasteiger charge is -2.23. The van der Waals surface area contributed by atoms with Gasteiger partial charge in [-0.15, -0.1) is 0 Å². The highest BCUT2D eigenvalue weighted by molar-refractivity contribution is 6.33. The summed E-state index contributed by atoms with van der Waals surface area (Å²) in [6.45, 7) is 5.70. The Balaban J connectivity index is 1.71. The minimum Gasteiger partial charge on any atom is -0.341 e. The van der Waals surface area contributed by atoms with E-state index < -0.39 is 17.6 Å². The number of carbonyl (C=O) groups excluding carboxylic acids is 2. The summed E-state index contributed by atoms with van der Waals surface area (Å²) in [6, 6.07) is 2.75. The molecule has 4 nitrogen and oxygen atoms in total. The number of halogens is 4. The summed E-state index contributed by atoms with van der Waals surface area (Å²) in [5, 5.41) is -0.00934. The maximum absolute atomic E-state index is 12.9. The molecule has 1 aromatic rings. The molecule has 1 saturated carbocycles. The van der Waals surface area contributed by atoms with Crippen LogP contribution in [-0.4, -0.2) is 47.8 Å². The van der Waals surface area contributed by atoms with Crippen LogP contribution in [0.15, 0.2) is 18.2 Å². The van der Waals surface area contributed by atoms with Gasteiger partial charge in [0, 0.05) is 32.1 Å².